The maximum absolute atomic E-state index is 5.92. The molecule has 88 valence electrons. The van der Waals surface area contributed by atoms with Crippen molar-refractivity contribution >= 4 is 17.5 Å². The number of hydrogen-bond acceptors (Lipinski definition) is 3. The molecule has 4 heteroatoms. The first-order valence-electron chi connectivity index (χ1n) is 5.44. The predicted molar refractivity (Wildman–Crippen MR) is 70.3 cm³/mol. The van der Waals surface area contributed by atoms with Crippen molar-refractivity contribution in [2.24, 2.45) is 0 Å². The third-order valence-electron chi connectivity index (χ3n) is 2.32. The van der Waals surface area contributed by atoms with E-state index in [-0.39, 0.29) is 0 Å². The van der Waals surface area contributed by atoms with Crippen molar-refractivity contribution in [3.05, 3.63) is 52.3 Å². The van der Waals surface area contributed by atoms with E-state index in [0.29, 0.717) is 12.5 Å². The van der Waals surface area contributed by atoms with Gasteiger partial charge in [-0.1, -0.05) is 23.7 Å². The topological polar surface area (TPSA) is 37.8 Å². The molecule has 17 heavy (non-hydrogen) atoms. The lowest BCUT2D eigenvalue weighted by Crippen LogP contribution is -2.05. The van der Waals surface area contributed by atoms with Crippen LogP contribution in [0.5, 0.6) is 0 Å². The van der Waals surface area contributed by atoms with Gasteiger partial charge in [-0.2, -0.15) is 0 Å². The van der Waals surface area contributed by atoms with Gasteiger partial charge in [0.25, 0.3) is 0 Å². The molecule has 1 aromatic heterocycles. The van der Waals surface area contributed by atoms with Gasteiger partial charge < -0.3 is 5.32 Å². The molecule has 0 fully saturated rings. The number of benzene rings is 1. The fraction of sp³-hybridized carbons (Fsp3) is 0.231. The van der Waals surface area contributed by atoms with Gasteiger partial charge in [0.05, 0.1) is 0 Å². The summed E-state index contributed by atoms with van der Waals surface area (Å²) in [6, 6.07) is 9.68. The van der Waals surface area contributed by atoms with Crippen molar-refractivity contribution < 1.29 is 0 Å². The number of nitrogens with one attached hydrogen (secondary N) is 1. The first kappa shape index (κ1) is 11.9. The summed E-state index contributed by atoms with van der Waals surface area (Å²) in [6.45, 7) is 4.59. The lowest BCUT2D eigenvalue weighted by molar-refractivity contribution is 1.00. The van der Waals surface area contributed by atoms with E-state index < -0.39 is 0 Å². The molecular formula is C13H14ClN3. The van der Waals surface area contributed by atoms with Crippen molar-refractivity contribution in [1.82, 2.24) is 9.97 Å². The minimum Gasteiger partial charge on any atom is -0.350 e. The van der Waals surface area contributed by atoms with E-state index in [2.05, 4.69) is 15.3 Å². The standard InChI is InChI=1S/C13H14ClN3/c1-9-6-10(2)17-13(16-9)15-8-11-4-3-5-12(14)7-11/h3-7H,8H2,1-2H3,(H,15,16,17). The molecular weight excluding hydrogens is 234 g/mol. The molecule has 0 unspecified atom stereocenters. The summed E-state index contributed by atoms with van der Waals surface area (Å²) in [5.41, 5.74) is 3.04. The van der Waals surface area contributed by atoms with Crippen LogP contribution in [0, 0.1) is 13.8 Å². The summed E-state index contributed by atoms with van der Waals surface area (Å²) >= 11 is 5.92. The second-order valence-corrected chi connectivity index (χ2v) is 4.39. The van der Waals surface area contributed by atoms with Crippen LogP contribution in [0.3, 0.4) is 0 Å². The summed E-state index contributed by atoms with van der Waals surface area (Å²) in [6.07, 6.45) is 0. The predicted octanol–water partition coefficient (Wildman–Crippen LogP) is 3.36. The number of nitrogens with zero attached hydrogens (tertiary/aromatic N) is 2. The van der Waals surface area contributed by atoms with E-state index in [1.54, 1.807) is 0 Å². The zero-order chi connectivity index (χ0) is 12.3. The zero-order valence-electron chi connectivity index (χ0n) is 9.87. The van der Waals surface area contributed by atoms with Crippen LogP contribution in [0.15, 0.2) is 30.3 Å². The Balaban J connectivity index is 2.07. The highest BCUT2D eigenvalue weighted by Gasteiger charge is 1.99. The molecule has 0 amide bonds. The number of anilines is 1. The molecule has 2 aromatic rings. The van der Waals surface area contributed by atoms with Crippen LogP contribution in [-0.4, -0.2) is 9.97 Å². The molecule has 0 radical (unpaired) electrons. The van der Waals surface area contributed by atoms with Crippen LogP contribution in [0.1, 0.15) is 17.0 Å². The first-order chi connectivity index (χ1) is 8.13. The van der Waals surface area contributed by atoms with Crippen LogP contribution >= 0.6 is 11.6 Å². The summed E-state index contributed by atoms with van der Waals surface area (Å²) in [7, 11) is 0. The molecule has 1 heterocycles. The van der Waals surface area contributed by atoms with E-state index in [1.807, 2.05) is 44.2 Å². The number of aromatic nitrogens is 2. The number of aryl methyl sites for hydroxylation is 2. The van der Waals surface area contributed by atoms with Gasteiger partial charge in [-0.3, -0.25) is 0 Å². The molecule has 0 atom stereocenters. The van der Waals surface area contributed by atoms with Crippen LogP contribution in [0.25, 0.3) is 0 Å². The third-order valence-corrected chi connectivity index (χ3v) is 2.56. The quantitative estimate of drug-likeness (QED) is 0.904. The lowest BCUT2D eigenvalue weighted by atomic mass is 10.2. The molecule has 1 N–H and O–H groups in total. The third kappa shape index (κ3) is 3.43. The highest BCUT2D eigenvalue weighted by molar-refractivity contribution is 6.30. The summed E-state index contributed by atoms with van der Waals surface area (Å²) in [4.78, 5) is 8.63. The van der Waals surface area contributed by atoms with E-state index in [1.165, 1.54) is 0 Å². The Kier molecular flexibility index (Phi) is 3.59. The van der Waals surface area contributed by atoms with E-state index in [9.17, 15) is 0 Å². The van der Waals surface area contributed by atoms with Crippen LogP contribution in [0.2, 0.25) is 5.02 Å². The Morgan fingerprint density at radius 3 is 2.47 bits per heavy atom. The number of halogens is 1. The van der Waals surface area contributed by atoms with Gasteiger partial charge in [0, 0.05) is 23.0 Å². The van der Waals surface area contributed by atoms with Crippen LogP contribution < -0.4 is 5.32 Å². The molecule has 1 aromatic carbocycles. The van der Waals surface area contributed by atoms with Crippen molar-refractivity contribution in [3.8, 4) is 0 Å². The normalized spacial score (nSPS) is 10.3. The number of hydrogen-bond donors (Lipinski definition) is 1. The average Bonchev–Trinajstić information content (AvgIpc) is 2.25. The van der Waals surface area contributed by atoms with Gasteiger partial charge >= 0.3 is 0 Å². The second kappa shape index (κ2) is 5.15. The Hall–Kier alpha value is -1.61. The molecule has 0 spiro atoms. The summed E-state index contributed by atoms with van der Waals surface area (Å²) < 4.78 is 0. The molecule has 2 rings (SSSR count). The van der Waals surface area contributed by atoms with Crippen molar-refractivity contribution in [2.75, 3.05) is 5.32 Å². The maximum Gasteiger partial charge on any atom is 0.223 e. The lowest BCUT2D eigenvalue weighted by Gasteiger charge is -2.06. The Morgan fingerprint density at radius 2 is 1.82 bits per heavy atom. The SMILES string of the molecule is Cc1cc(C)nc(NCc2cccc(Cl)c2)n1. The highest BCUT2D eigenvalue weighted by Crippen LogP contribution is 2.12. The highest BCUT2D eigenvalue weighted by atomic mass is 35.5. The molecule has 0 saturated carbocycles. The smallest absolute Gasteiger partial charge is 0.223 e. The summed E-state index contributed by atoms with van der Waals surface area (Å²) in [5.74, 6) is 0.655. The van der Waals surface area contributed by atoms with Gasteiger partial charge in [-0.05, 0) is 37.6 Å². The average molecular weight is 248 g/mol. The van der Waals surface area contributed by atoms with Gasteiger partial charge in [-0.15, -0.1) is 0 Å². The summed E-state index contributed by atoms with van der Waals surface area (Å²) in [5, 5.41) is 3.93. The Morgan fingerprint density at radius 1 is 1.12 bits per heavy atom. The largest absolute Gasteiger partial charge is 0.350 e. The fourth-order valence-electron chi connectivity index (χ4n) is 1.63. The molecule has 0 bridgehead atoms. The van der Waals surface area contributed by atoms with E-state index >= 15 is 0 Å². The molecule has 0 aliphatic heterocycles. The van der Waals surface area contributed by atoms with E-state index in [4.69, 9.17) is 11.6 Å². The molecule has 0 aliphatic rings. The minimum absolute atomic E-state index is 0.655. The Labute approximate surface area is 106 Å². The fourth-order valence-corrected chi connectivity index (χ4v) is 1.85. The molecule has 0 saturated heterocycles. The van der Waals surface area contributed by atoms with Gasteiger partial charge in [0.2, 0.25) is 5.95 Å². The van der Waals surface area contributed by atoms with Crippen molar-refractivity contribution in [1.29, 1.82) is 0 Å². The van der Waals surface area contributed by atoms with Crippen LogP contribution in [0.4, 0.5) is 5.95 Å². The zero-order valence-corrected chi connectivity index (χ0v) is 10.6. The van der Waals surface area contributed by atoms with Gasteiger partial charge in [-0.25, -0.2) is 9.97 Å². The molecule has 3 nitrogen and oxygen atoms in total. The van der Waals surface area contributed by atoms with Crippen LogP contribution in [-0.2, 0) is 6.54 Å². The number of rotatable bonds is 3. The second-order valence-electron chi connectivity index (χ2n) is 3.96. The van der Waals surface area contributed by atoms with Crippen molar-refractivity contribution in [2.45, 2.75) is 20.4 Å². The maximum atomic E-state index is 5.92. The van der Waals surface area contributed by atoms with Gasteiger partial charge in [0.15, 0.2) is 0 Å². The first-order valence-corrected chi connectivity index (χ1v) is 5.82. The minimum atomic E-state index is 0.655. The van der Waals surface area contributed by atoms with E-state index in [0.717, 1.165) is 22.0 Å². The Bertz CT molecular complexity index is 506. The monoisotopic (exact) mass is 247 g/mol. The van der Waals surface area contributed by atoms with Crippen molar-refractivity contribution in [3.63, 3.8) is 0 Å². The van der Waals surface area contributed by atoms with Gasteiger partial charge in [0.1, 0.15) is 0 Å². The molecule has 0 aliphatic carbocycles.